The van der Waals surface area contributed by atoms with Crippen LogP contribution in [0.4, 0.5) is 0 Å². The van der Waals surface area contributed by atoms with Gasteiger partial charge < -0.3 is 15.6 Å². The van der Waals surface area contributed by atoms with Gasteiger partial charge in [-0.05, 0) is 100 Å². The Morgan fingerprint density at radius 2 is 1.80 bits per heavy atom. The minimum atomic E-state index is -0.0900. The first kappa shape index (κ1) is 22.1. The van der Waals surface area contributed by atoms with Crippen LogP contribution in [0, 0.1) is 29.6 Å². The van der Waals surface area contributed by atoms with Gasteiger partial charge in [0.25, 0.3) is 0 Å². The van der Waals surface area contributed by atoms with Crippen molar-refractivity contribution in [1.82, 2.24) is 0 Å². The first-order valence-electron chi connectivity index (χ1n) is 12.4. The summed E-state index contributed by atoms with van der Waals surface area (Å²) in [6.45, 7) is 9.25. The summed E-state index contributed by atoms with van der Waals surface area (Å²) in [5, 5.41) is 9.65. The molecule has 1 aromatic rings. The van der Waals surface area contributed by atoms with E-state index in [1.165, 1.54) is 50.5 Å². The Morgan fingerprint density at radius 1 is 1.10 bits per heavy atom. The second-order valence-corrected chi connectivity index (χ2v) is 11.8. The smallest absolute Gasteiger partial charge is 0.115 e. The second kappa shape index (κ2) is 8.47. The van der Waals surface area contributed by atoms with E-state index in [4.69, 9.17) is 10.5 Å². The highest BCUT2D eigenvalue weighted by Crippen LogP contribution is 2.56. The maximum atomic E-state index is 9.65. The number of hydrogen-bond donors (Lipinski definition) is 2. The van der Waals surface area contributed by atoms with Gasteiger partial charge in [-0.1, -0.05) is 38.8 Å². The molecule has 5 rings (SSSR count). The van der Waals surface area contributed by atoms with E-state index in [-0.39, 0.29) is 17.2 Å². The van der Waals surface area contributed by atoms with E-state index >= 15 is 0 Å². The predicted octanol–water partition coefficient (Wildman–Crippen LogP) is 6.08. The molecule has 2 saturated heterocycles. The average Bonchev–Trinajstić information content (AvgIpc) is 2.67. The fourth-order valence-corrected chi connectivity index (χ4v) is 7.20. The van der Waals surface area contributed by atoms with Crippen molar-refractivity contribution in [3.63, 3.8) is 0 Å². The molecule has 168 valence electrons. The molecule has 3 nitrogen and oxygen atoms in total. The highest BCUT2D eigenvalue weighted by Gasteiger charge is 2.58. The number of rotatable bonds is 6. The highest BCUT2D eigenvalue weighted by molar-refractivity contribution is 5.26. The number of hydrogen-bond acceptors (Lipinski definition) is 3. The molecule has 0 radical (unpaired) electrons. The molecular weight excluding hydrogens is 370 g/mol. The van der Waals surface area contributed by atoms with Gasteiger partial charge in [0.15, 0.2) is 0 Å². The van der Waals surface area contributed by atoms with Crippen LogP contribution in [0.3, 0.4) is 0 Å². The molecule has 0 unspecified atom stereocenters. The number of fused-ring (bicyclic) bond motifs is 3. The number of phenols is 1. The number of benzene rings is 1. The summed E-state index contributed by atoms with van der Waals surface area (Å²) < 4.78 is 6.95. The maximum absolute atomic E-state index is 9.65. The molecule has 1 aromatic carbocycles. The second-order valence-electron chi connectivity index (χ2n) is 11.8. The average molecular weight is 414 g/mol. The summed E-state index contributed by atoms with van der Waals surface area (Å²) in [7, 11) is 0. The fraction of sp³-hybridized carbons (Fsp3) is 0.778. The van der Waals surface area contributed by atoms with Crippen molar-refractivity contribution in [2.45, 2.75) is 103 Å². The van der Waals surface area contributed by atoms with Gasteiger partial charge in [-0.3, -0.25) is 0 Å². The Kier molecular flexibility index (Phi) is 6.25. The normalized spacial score (nSPS) is 38.1. The van der Waals surface area contributed by atoms with Gasteiger partial charge in [-0.2, -0.15) is 0 Å². The summed E-state index contributed by atoms with van der Waals surface area (Å²) in [4.78, 5) is 0. The summed E-state index contributed by atoms with van der Waals surface area (Å²) in [5.74, 6) is 3.75. The van der Waals surface area contributed by atoms with Crippen molar-refractivity contribution in [3.05, 3.63) is 29.8 Å². The van der Waals surface area contributed by atoms with E-state index in [2.05, 4.69) is 39.8 Å². The van der Waals surface area contributed by atoms with Gasteiger partial charge in [0, 0.05) is 12.0 Å². The molecular formula is C27H43NO2. The van der Waals surface area contributed by atoms with Crippen molar-refractivity contribution < 1.29 is 9.84 Å². The van der Waals surface area contributed by atoms with Gasteiger partial charge in [0.05, 0.1) is 11.2 Å². The van der Waals surface area contributed by atoms with Crippen LogP contribution >= 0.6 is 0 Å². The van der Waals surface area contributed by atoms with E-state index in [0.717, 1.165) is 24.7 Å². The quantitative estimate of drug-likeness (QED) is 0.594. The van der Waals surface area contributed by atoms with Crippen LogP contribution in [-0.4, -0.2) is 22.4 Å². The number of phenolic OH excluding ortho intramolecular Hbond substituents is 1. The van der Waals surface area contributed by atoms with Crippen LogP contribution in [0.2, 0.25) is 0 Å². The fourth-order valence-electron chi connectivity index (χ4n) is 7.20. The third-order valence-corrected chi connectivity index (χ3v) is 8.60. The lowest BCUT2D eigenvalue weighted by molar-refractivity contribution is -0.270. The molecule has 6 atom stereocenters. The van der Waals surface area contributed by atoms with E-state index in [0.29, 0.717) is 23.5 Å². The van der Waals surface area contributed by atoms with Gasteiger partial charge in [-0.15, -0.1) is 0 Å². The van der Waals surface area contributed by atoms with Gasteiger partial charge in [0.1, 0.15) is 5.75 Å². The van der Waals surface area contributed by atoms with Gasteiger partial charge in [0.2, 0.25) is 0 Å². The lowest BCUT2D eigenvalue weighted by Crippen LogP contribution is -2.66. The third kappa shape index (κ3) is 4.58. The van der Waals surface area contributed by atoms with Gasteiger partial charge in [-0.25, -0.2) is 0 Å². The molecule has 0 amide bonds. The molecule has 30 heavy (non-hydrogen) atoms. The molecule has 2 aliphatic heterocycles. The van der Waals surface area contributed by atoms with Crippen LogP contribution in [0.5, 0.6) is 5.75 Å². The largest absolute Gasteiger partial charge is 0.508 e. The Balaban J connectivity index is 1.54. The van der Waals surface area contributed by atoms with Gasteiger partial charge >= 0.3 is 0 Å². The Labute approximate surface area is 183 Å². The highest BCUT2D eigenvalue weighted by atomic mass is 16.5. The van der Waals surface area contributed by atoms with Crippen molar-refractivity contribution in [1.29, 1.82) is 0 Å². The first-order valence-corrected chi connectivity index (χ1v) is 12.4. The van der Waals surface area contributed by atoms with Crippen LogP contribution < -0.4 is 5.73 Å². The maximum Gasteiger partial charge on any atom is 0.115 e. The Bertz CT molecular complexity index is 712. The standard InChI is InChI=1S/C27H43NO2/c1-18(2)5-6-20-14-21(13-19-7-9-23(29)10-8-19)16-22(15-20)27-12-11-24(25(28)17-27)26(3,4)30-27/h7-10,18,20-22,24-25,29H,5-6,11-17,28H2,1-4H3/t20-,21+,22+,24-,25-,27+/m1/s1. The summed E-state index contributed by atoms with van der Waals surface area (Å²) >= 11 is 0. The molecule has 2 saturated carbocycles. The number of aromatic hydroxyl groups is 1. The molecule has 0 spiro atoms. The minimum absolute atomic E-state index is 0.0125. The summed E-state index contributed by atoms with van der Waals surface area (Å²) in [5.41, 5.74) is 7.94. The molecule has 3 N–H and O–H groups in total. The van der Waals surface area contributed by atoms with Crippen LogP contribution in [0.1, 0.15) is 84.6 Å². The van der Waals surface area contributed by atoms with Crippen LogP contribution in [0.25, 0.3) is 0 Å². The van der Waals surface area contributed by atoms with Crippen LogP contribution in [-0.2, 0) is 11.2 Å². The van der Waals surface area contributed by atoms with E-state index in [1.807, 2.05) is 12.1 Å². The molecule has 2 heterocycles. The molecule has 3 heteroatoms. The number of nitrogens with two attached hydrogens (primary N) is 1. The van der Waals surface area contributed by atoms with Crippen LogP contribution in [0.15, 0.2) is 24.3 Å². The predicted molar refractivity (Wildman–Crippen MR) is 123 cm³/mol. The molecule has 4 fully saturated rings. The molecule has 2 bridgehead atoms. The molecule has 2 aliphatic carbocycles. The third-order valence-electron chi connectivity index (χ3n) is 8.60. The Morgan fingerprint density at radius 3 is 2.43 bits per heavy atom. The number of ether oxygens (including phenoxy) is 1. The topological polar surface area (TPSA) is 55.5 Å². The van der Waals surface area contributed by atoms with Crippen molar-refractivity contribution >= 4 is 0 Å². The zero-order valence-corrected chi connectivity index (χ0v) is 19.6. The first-order chi connectivity index (χ1) is 14.2. The van der Waals surface area contributed by atoms with E-state index in [1.54, 1.807) is 0 Å². The summed E-state index contributed by atoms with van der Waals surface area (Å²) in [6.07, 6.45) is 11.2. The van der Waals surface area contributed by atoms with E-state index in [9.17, 15) is 5.11 Å². The minimum Gasteiger partial charge on any atom is -0.508 e. The SMILES string of the molecule is CC(C)CC[C@@H]1C[C@H](Cc2ccc(O)cc2)C[C@@H]([C@]23CC[C@H]([C@H](N)C2)C(C)(C)O3)C1. The van der Waals surface area contributed by atoms with Crippen molar-refractivity contribution in [3.8, 4) is 5.75 Å². The van der Waals surface area contributed by atoms with Crippen molar-refractivity contribution in [2.24, 2.45) is 35.3 Å². The zero-order valence-electron chi connectivity index (χ0n) is 19.6. The summed E-state index contributed by atoms with van der Waals surface area (Å²) in [6, 6.07) is 8.15. The van der Waals surface area contributed by atoms with Crippen molar-refractivity contribution in [2.75, 3.05) is 0 Å². The molecule has 0 aromatic heterocycles. The Hall–Kier alpha value is -1.06. The zero-order chi connectivity index (χ0) is 21.5. The van der Waals surface area contributed by atoms with E-state index < -0.39 is 0 Å². The lowest BCUT2D eigenvalue weighted by Gasteiger charge is -2.61. The monoisotopic (exact) mass is 413 g/mol. The lowest BCUT2D eigenvalue weighted by atomic mass is 9.57. The molecule has 4 aliphatic rings.